The molecule has 140 valence electrons. The van der Waals surface area contributed by atoms with E-state index in [9.17, 15) is 0 Å². The maximum atomic E-state index is 5.95. The fourth-order valence-electron chi connectivity index (χ4n) is 3.27. The zero-order chi connectivity index (χ0) is 17.8. The number of aliphatic imine (C=N–C) groups is 1. The number of fused-ring (bicyclic) bond motifs is 1. The van der Waals surface area contributed by atoms with E-state index >= 15 is 0 Å². The van der Waals surface area contributed by atoms with Crippen LogP contribution in [0.1, 0.15) is 33.5 Å². The minimum Gasteiger partial charge on any atom is -0.370 e. The summed E-state index contributed by atoms with van der Waals surface area (Å²) in [6, 6.07) is 16.4. The Morgan fingerprint density at radius 3 is 2.78 bits per heavy atom. The zero-order valence-electron chi connectivity index (χ0n) is 14.8. The van der Waals surface area contributed by atoms with Crippen LogP contribution in [-0.4, -0.2) is 15.9 Å². The van der Waals surface area contributed by atoms with Crippen LogP contribution in [0.3, 0.4) is 0 Å². The fourth-order valence-corrected chi connectivity index (χ4v) is 4.39. The predicted octanol–water partition coefficient (Wildman–Crippen LogP) is 4.36. The molecule has 1 aliphatic rings. The maximum absolute atomic E-state index is 5.95. The Balaban J connectivity index is 0.00000210. The number of anilines is 1. The van der Waals surface area contributed by atoms with Gasteiger partial charge in [0, 0.05) is 11.1 Å². The number of thiazole rings is 1. The molecule has 0 saturated heterocycles. The van der Waals surface area contributed by atoms with Crippen molar-refractivity contribution < 1.29 is 0 Å². The third-order valence-electron chi connectivity index (χ3n) is 4.56. The molecule has 1 atom stereocenters. The summed E-state index contributed by atoms with van der Waals surface area (Å²) in [4.78, 5) is 14.7. The van der Waals surface area contributed by atoms with Crippen molar-refractivity contribution in [2.24, 2.45) is 10.7 Å². The largest absolute Gasteiger partial charge is 0.370 e. The molecule has 1 unspecified atom stereocenters. The highest BCUT2D eigenvalue weighted by Crippen LogP contribution is 2.35. The second kappa shape index (κ2) is 9.27. The number of hydrogen-bond acceptors (Lipinski definition) is 4. The normalized spacial score (nSPS) is 16.3. The van der Waals surface area contributed by atoms with E-state index in [2.05, 4.69) is 45.6 Å². The van der Waals surface area contributed by atoms with Crippen molar-refractivity contribution in [2.75, 3.05) is 5.32 Å². The summed E-state index contributed by atoms with van der Waals surface area (Å²) in [6.07, 6.45) is 4.99. The molecule has 27 heavy (non-hydrogen) atoms. The van der Waals surface area contributed by atoms with Crippen LogP contribution >= 0.6 is 35.3 Å². The highest BCUT2D eigenvalue weighted by Gasteiger charge is 2.23. The molecule has 0 aliphatic heterocycles. The van der Waals surface area contributed by atoms with Crippen molar-refractivity contribution in [1.29, 1.82) is 0 Å². The van der Waals surface area contributed by atoms with Gasteiger partial charge in [0.1, 0.15) is 10.8 Å². The minimum atomic E-state index is 0. The van der Waals surface area contributed by atoms with Gasteiger partial charge in [0.25, 0.3) is 0 Å². The average molecular weight is 491 g/mol. The van der Waals surface area contributed by atoms with Gasteiger partial charge in [-0.3, -0.25) is 0 Å². The zero-order valence-corrected chi connectivity index (χ0v) is 18.0. The number of halogens is 1. The van der Waals surface area contributed by atoms with E-state index in [0.717, 1.165) is 24.3 Å². The molecule has 7 heteroatoms. The van der Waals surface area contributed by atoms with Gasteiger partial charge in [-0.15, -0.1) is 35.3 Å². The summed E-state index contributed by atoms with van der Waals surface area (Å²) in [6.45, 7) is 0.499. The Labute approximate surface area is 180 Å². The summed E-state index contributed by atoms with van der Waals surface area (Å²) in [5, 5.41) is 4.02. The summed E-state index contributed by atoms with van der Waals surface area (Å²) in [5.74, 6) is 1.65. The number of hydrogen-bond donors (Lipinski definition) is 2. The standard InChI is InChI=1S/C20H21N5S.HI/c21-20(25-18-8-4-5-11-22-18)23-13-19-24-16-10-9-15(12-17(16)26-19)14-6-2-1-3-7-14;/h1-8,11,15H,9-10,12-13H2,(H3,21,22,23,25);1H. The van der Waals surface area contributed by atoms with Crippen molar-refractivity contribution >= 4 is 47.1 Å². The van der Waals surface area contributed by atoms with Gasteiger partial charge >= 0.3 is 0 Å². The summed E-state index contributed by atoms with van der Waals surface area (Å²) in [7, 11) is 0. The van der Waals surface area contributed by atoms with Crippen LogP contribution in [0.25, 0.3) is 0 Å². The number of rotatable bonds is 4. The second-order valence-electron chi connectivity index (χ2n) is 6.37. The van der Waals surface area contributed by atoms with E-state index in [1.54, 1.807) is 17.5 Å². The number of nitrogens with two attached hydrogens (primary N) is 1. The van der Waals surface area contributed by atoms with Gasteiger partial charge in [-0.05, 0) is 42.9 Å². The highest BCUT2D eigenvalue weighted by atomic mass is 127. The summed E-state index contributed by atoms with van der Waals surface area (Å²) >= 11 is 1.76. The first-order chi connectivity index (χ1) is 12.8. The molecule has 0 spiro atoms. The number of nitrogens with zero attached hydrogens (tertiary/aromatic N) is 3. The molecule has 1 aliphatic carbocycles. The van der Waals surface area contributed by atoms with Gasteiger partial charge in [-0.2, -0.15) is 0 Å². The molecule has 0 radical (unpaired) electrons. The highest BCUT2D eigenvalue weighted by molar-refractivity contribution is 14.0. The van der Waals surface area contributed by atoms with Crippen molar-refractivity contribution in [1.82, 2.24) is 9.97 Å². The van der Waals surface area contributed by atoms with Crippen molar-refractivity contribution in [3.63, 3.8) is 0 Å². The molecular formula is C20H22IN5S. The molecule has 0 bridgehead atoms. The van der Waals surface area contributed by atoms with E-state index in [-0.39, 0.29) is 24.0 Å². The molecule has 1 aromatic carbocycles. The monoisotopic (exact) mass is 491 g/mol. The lowest BCUT2D eigenvalue weighted by Crippen LogP contribution is -2.23. The summed E-state index contributed by atoms with van der Waals surface area (Å²) < 4.78 is 0. The maximum Gasteiger partial charge on any atom is 0.194 e. The predicted molar refractivity (Wildman–Crippen MR) is 122 cm³/mol. The van der Waals surface area contributed by atoms with Gasteiger partial charge in [0.15, 0.2) is 5.96 Å². The van der Waals surface area contributed by atoms with E-state index in [0.29, 0.717) is 24.2 Å². The number of nitrogens with one attached hydrogen (secondary N) is 1. The first-order valence-corrected chi connectivity index (χ1v) is 9.60. The Morgan fingerprint density at radius 2 is 2.00 bits per heavy atom. The van der Waals surface area contributed by atoms with Crippen molar-refractivity contribution in [2.45, 2.75) is 31.7 Å². The molecule has 0 fully saturated rings. The number of pyridine rings is 1. The van der Waals surface area contributed by atoms with Crippen LogP contribution < -0.4 is 11.1 Å². The van der Waals surface area contributed by atoms with Gasteiger partial charge in [0.2, 0.25) is 0 Å². The van der Waals surface area contributed by atoms with Gasteiger partial charge in [0.05, 0.1) is 12.2 Å². The van der Waals surface area contributed by atoms with Gasteiger partial charge in [-0.1, -0.05) is 36.4 Å². The van der Waals surface area contributed by atoms with E-state index in [4.69, 9.17) is 10.7 Å². The summed E-state index contributed by atoms with van der Waals surface area (Å²) in [5.41, 5.74) is 8.61. The molecular weight excluding hydrogens is 469 g/mol. The minimum absolute atomic E-state index is 0. The van der Waals surface area contributed by atoms with Crippen molar-refractivity contribution in [3.8, 4) is 0 Å². The second-order valence-corrected chi connectivity index (χ2v) is 7.54. The molecule has 2 aromatic heterocycles. The SMILES string of the molecule is I.NC(=NCc1nc2c(s1)CC(c1ccccc1)CC2)Nc1ccccn1. The first kappa shape index (κ1) is 19.8. The van der Waals surface area contributed by atoms with E-state index in [1.165, 1.54) is 16.1 Å². The fraction of sp³-hybridized carbons (Fsp3) is 0.250. The third-order valence-corrected chi connectivity index (χ3v) is 5.67. The molecule has 4 rings (SSSR count). The molecule has 2 heterocycles. The molecule has 0 amide bonds. The lowest BCUT2D eigenvalue weighted by molar-refractivity contribution is 0.584. The average Bonchev–Trinajstić information content (AvgIpc) is 3.10. The lowest BCUT2D eigenvalue weighted by atomic mass is 9.85. The topological polar surface area (TPSA) is 76.2 Å². The molecule has 3 N–H and O–H groups in total. The first-order valence-electron chi connectivity index (χ1n) is 8.78. The number of benzene rings is 1. The van der Waals surface area contributed by atoms with Crippen LogP contribution in [0.15, 0.2) is 59.7 Å². The number of aromatic nitrogens is 2. The smallest absolute Gasteiger partial charge is 0.194 e. The lowest BCUT2D eigenvalue weighted by Gasteiger charge is -2.21. The Bertz CT molecular complexity index is 895. The Morgan fingerprint density at radius 1 is 1.19 bits per heavy atom. The van der Waals surface area contributed by atoms with Gasteiger partial charge in [-0.25, -0.2) is 15.0 Å². The quantitative estimate of drug-likeness (QED) is 0.323. The van der Waals surface area contributed by atoms with Crippen LogP contribution in [0, 0.1) is 0 Å². The van der Waals surface area contributed by atoms with Crippen LogP contribution in [0.2, 0.25) is 0 Å². The van der Waals surface area contributed by atoms with Crippen molar-refractivity contribution in [3.05, 3.63) is 75.9 Å². The molecule has 3 aromatic rings. The molecule has 5 nitrogen and oxygen atoms in total. The number of guanidine groups is 1. The van der Waals surface area contributed by atoms with Crippen LogP contribution in [-0.2, 0) is 19.4 Å². The third kappa shape index (κ3) is 5.04. The Hall–Kier alpha value is -2.00. The van der Waals surface area contributed by atoms with Gasteiger partial charge < -0.3 is 11.1 Å². The molecule has 0 saturated carbocycles. The van der Waals surface area contributed by atoms with Crippen LogP contribution in [0.4, 0.5) is 5.82 Å². The van der Waals surface area contributed by atoms with E-state index in [1.807, 2.05) is 18.2 Å². The van der Waals surface area contributed by atoms with Crippen LogP contribution in [0.5, 0.6) is 0 Å². The van der Waals surface area contributed by atoms with E-state index < -0.39 is 0 Å². The number of aryl methyl sites for hydroxylation is 1. The Kier molecular flexibility index (Phi) is 6.78.